The minimum absolute atomic E-state index is 0. The van der Waals surface area contributed by atoms with E-state index < -0.39 is 10.2 Å². The number of halogens is 1. The van der Waals surface area contributed by atoms with E-state index >= 15 is 0 Å². The molecule has 1 atom stereocenters. The molecule has 5 nitrogen and oxygen atoms in total. The van der Waals surface area contributed by atoms with Crippen LogP contribution < -0.4 is 5.32 Å². The summed E-state index contributed by atoms with van der Waals surface area (Å²) in [6.45, 7) is 7.53. The maximum Gasteiger partial charge on any atom is 0.282 e. The van der Waals surface area contributed by atoms with Crippen LogP contribution in [0.4, 0.5) is 0 Å². The van der Waals surface area contributed by atoms with Gasteiger partial charge in [-0.25, -0.2) is 0 Å². The Kier molecular flexibility index (Phi) is 5.86. The lowest BCUT2D eigenvalue weighted by atomic mass is 10.0. The van der Waals surface area contributed by atoms with Gasteiger partial charge in [0.05, 0.1) is 0 Å². The highest BCUT2D eigenvalue weighted by Crippen LogP contribution is 2.21. The monoisotopic (exact) mass is 297 g/mol. The van der Waals surface area contributed by atoms with Crippen LogP contribution in [0.2, 0.25) is 0 Å². The lowest BCUT2D eigenvalue weighted by Crippen LogP contribution is -2.56. The van der Waals surface area contributed by atoms with Crippen LogP contribution in [-0.4, -0.2) is 55.8 Å². The third-order valence-electron chi connectivity index (χ3n) is 3.73. The molecule has 0 spiro atoms. The highest BCUT2D eigenvalue weighted by molar-refractivity contribution is 7.86. The van der Waals surface area contributed by atoms with Crippen molar-refractivity contribution in [2.75, 3.05) is 32.7 Å². The smallest absolute Gasteiger partial charge is 0.282 e. The van der Waals surface area contributed by atoms with Gasteiger partial charge in [0, 0.05) is 38.8 Å². The van der Waals surface area contributed by atoms with Gasteiger partial charge in [-0.1, -0.05) is 6.92 Å². The number of rotatable bonds is 2. The summed E-state index contributed by atoms with van der Waals surface area (Å²) in [5.74, 6) is 0.656. The number of nitrogens with zero attached hydrogens (tertiary/aromatic N) is 2. The Balaban J connectivity index is 0.00000162. The largest absolute Gasteiger partial charge is 0.312 e. The van der Waals surface area contributed by atoms with E-state index in [0.717, 1.165) is 19.4 Å². The number of hydrogen-bond acceptors (Lipinski definition) is 3. The van der Waals surface area contributed by atoms with E-state index in [1.54, 1.807) is 8.61 Å². The molecule has 0 unspecified atom stereocenters. The van der Waals surface area contributed by atoms with Crippen LogP contribution >= 0.6 is 12.4 Å². The number of hydrogen-bond donors (Lipinski definition) is 1. The molecule has 0 aliphatic carbocycles. The van der Waals surface area contributed by atoms with Crippen molar-refractivity contribution in [3.05, 3.63) is 0 Å². The van der Waals surface area contributed by atoms with Gasteiger partial charge in [-0.15, -0.1) is 12.4 Å². The van der Waals surface area contributed by atoms with Crippen LogP contribution in [0.1, 0.15) is 26.7 Å². The summed E-state index contributed by atoms with van der Waals surface area (Å²) >= 11 is 0. The number of piperazine rings is 1. The standard InChI is InChI=1S/C11H23N3O2S.ClH/c1-10-3-6-13(7-4-10)17(15,16)14-8-5-12-11(2)9-14;/h10-12H,3-9H2,1-2H3;1H/t11-;/m0./s1. The molecule has 1 N–H and O–H groups in total. The van der Waals surface area contributed by atoms with E-state index in [-0.39, 0.29) is 18.4 Å². The molecule has 2 heterocycles. The second kappa shape index (κ2) is 6.52. The SMILES string of the molecule is CC1CCN(S(=O)(=O)N2CCN[C@@H](C)C2)CC1.Cl. The van der Waals surface area contributed by atoms with Crippen LogP contribution in [0.25, 0.3) is 0 Å². The van der Waals surface area contributed by atoms with Crippen molar-refractivity contribution in [3.63, 3.8) is 0 Å². The lowest BCUT2D eigenvalue weighted by molar-refractivity contribution is 0.244. The van der Waals surface area contributed by atoms with E-state index in [1.807, 2.05) is 6.92 Å². The van der Waals surface area contributed by atoms with Crippen molar-refractivity contribution >= 4 is 22.6 Å². The molecule has 0 bridgehead atoms. The Morgan fingerprint density at radius 1 is 1.06 bits per heavy atom. The van der Waals surface area contributed by atoms with E-state index in [0.29, 0.717) is 32.1 Å². The Bertz CT molecular complexity index is 355. The molecular weight excluding hydrogens is 274 g/mol. The van der Waals surface area contributed by atoms with Crippen molar-refractivity contribution in [2.45, 2.75) is 32.7 Å². The van der Waals surface area contributed by atoms with Gasteiger partial charge in [-0.3, -0.25) is 0 Å². The van der Waals surface area contributed by atoms with Crippen molar-refractivity contribution in [3.8, 4) is 0 Å². The average Bonchev–Trinajstić information content (AvgIpc) is 2.29. The topological polar surface area (TPSA) is 52.7 Å². The second-order valence-corrected chi connectivity index (χ2v) is 7.23. The van der Waals surface area contributed by atoms with Crippen LogP contribution in [0.5, 0.6) is 0 Å². The van der Waals surface area contributed by atoms with Crippen LogP contribution in [0, 0.1) is 5.92 Å². The van der Waals surface area contributed by atoms with Crippen molar-refractivity contribution in [1.82, 2.24) is 13.9 Å². The van der Waals surface area contributed by atoms with Gasteiger partial charge < -0.3 is 5.32 Å². The Morgan fingerprint density at radius 2 is 1.67 bits per heavy atom. The molecule has 18 heavy (non-hydrogen) atoms. The van der Waals surface area contributed by atoms with Gasteiger partial charge in [-0.2, -0.15) is 17.0 Å². The third-order valence-corrected chi connectivity index (χ3v) is 5.73. The average molecular weight is 298 g/mol. The summed E-state index contributed by atoms with van der Waals surface area (Å²) in [6, 6.07) is 0.252. The van der Waals surface area contributed by atoms with Crippen LogP contribution in [-0.2, 0) is 10.2 Å². The van der Waals surface area contributed by atoms with Gasteiger partial charge in [0.2, 0.25) is 0 Å². The predicted octanol–water partition coefficient (Wildman–Crippen LogP) is 0.679. The van der Waals surface area contributed by atoms with Crippen molar-refractivity contribution in [1.29, 1.82) is 0 Å². The fourth-order valence-electron chi connectivity index (χ4n) is 2.49. The molecule has 0 amide bonds. The summed E-state index contributed by atoms with van der Waals surface area (Å²) in [6.07, 6.45) is 1.97. The van der Waals surface area contributed by atoms with Gasteiger partial charge in [0.1, 0.15) is 0 Å². The van der Waals surface area contributed by atoms with Crippen LogP contribution in [0.15, 0.2) is 0 Å². The number of nitrogens with one attached hydrogen (secondary N) is 1. The molecule has 108 valence electrons. The third kappa shape index (κ3) is 3.57. The molecule has 2 aliphatic rings. The lowest BCUT2D eigenvalue weighted by Gasteiger charge is -2.37. The zero-order valence-corrected chi connectivity index (χ0v) is 12.8. The first-order valence-corrected chi connectivity index (χ1v) is 7.88. The van der Waals surface area contributed by atoms with Crippen LogP contribution in [0.3, 0.4) is 0 Å². The molecule has 0 aromatic rings. The summed E-state index contributed by atoms with van der Waals surface area (Å²) < 4.78 is 28.1. The first-order chi connectivity index (χ1) is 8.00. The molecule has 0 saturated carbocycles. The molecule has 0 aromatic heterocycles. The minimum Gasteiger partial charge on any atom is -0.312 e. The van der Waals surface area contributed by atoms with E-state index in [1.165, 1.54) is 0 Å². The van der Waals surface area contributed by atoms with Crippen molar-refractivity contribution in [2.24, 2.45) is 5.92 Å². The quantitative estimate of drug-likeness (QED) is 0.815. The molecule has 7 heteroatoms. The second-order valence-electron chi connectivity index (χ2n) is 5.30. The Hall–Kier alpha value is 0.120. The molecule has 2 aliphatic heterocycles. The van der Waals surface area contributed by atoms with Gasteiger partial charge in [-0.05, 0) is 25.7 Å². The maximum atomic E-state index is 12.4. The van der Waals surface area contributed by atoms with E-state index in [2.05, 4.69) is 12.2 Å². The zero-order chi connectivity index (χ0) is 12.5. The number of piperidine rings is 1. The first-order valence-electron chi connectivity index (χ1n) is 6.49. The maximum absolute atomic E-state index is 12.4. The summed E-state index contributed by atoms with van der Waals surface area (Å²) in [5, 5.41) is 3.27. The zero-order valence-electron chi connectivity index (χ0n) is 11.1. The van der Waals surface area contributed by atoms with Gasteiger partial charge in [0.25, 0.3) is 10.2 Å². The Morgan fingerprint density at radius 3 is 2.22 bits per heavy atom. The summed E-state index contributed by atoms with van der Waals surface area (Å²) in [7, 11) is -3.21. The summed E-state index contributed by atoms with van der Waals surface area (Å²) in [4.78, 5) is 0. The van der Waals surface area contributed by atoms with Gasteiger partial charge in [0.15, 0.2) is 0 Å². The van der Waals surface area contributed by atoms with E-state index in [9.17, 15) is 8.42 Å². The fraction of sp³-hybridized carbons (Fsp3) is 1.00. The van der Waals surface area contributed by atoms with Gasteiger partial charge >= 0.3 is 0 Å². The molecule has 2 rings (SSSR count). The van der Waals surface area contributed by atoms with E-state index in [4.69, 9.17) is 0 Å². The van der Waals surface area contributed by atoms with Crippen molar-refractivity contribution < 1.29 is 8.42 Å². The Labute approximate surface area is 116 Å². The highest BCUT2D eigenvalue weighted by atomic mass is 35.5. The first kappa shape index (κ1) is 16.2. The fourth-order valence-corrected chi connectivity index (χ4v) is 4.22. The summed E-state index contributed by atoms with van der Waals surface area (Å²) in [5.41, 5.74) is 0. The molecule has 0 aromatic carbocycles. The normalized spacial score (nSPS) is 28.9. The highest BCUT2D eigenvalue weighted by Gasteiger charge is 2.33. The molecule has 2 fully saturated rings. The predicted molar refractivity (Wildman–Crippen MR) is 75.2 cm³/mol. The molecular formula is C11H24ClN3O2S. The minimum atomic E-state index is -3.21. The molecule has 0 radical (unpaired) electrons. The molecule has 2 saturated heterocycles.